The molecule has 0 saturated heterocycles. The van der Waals surface area contributed by atoms with Crippen LogP contribution in [0.3, 0.4) is 0 Å². The van der Waals surface area contributed by atoms with E-state index in [0.717, 1.165) is 57.4 Å². The van der Waals surface area contributed by atoms with Crippen molar-refractivity contribution >= 4 is 5.97 Å². The van der Waals surface area contributed by atoms with Gasteiger partial charge in [-0.1, -0.05) is 88.3 Å². The molecule has 0 aromatic carbocycles. The van der Waals surface area contributed by atoms with Gasteiger partial charge in [0.05, 0.1) is 18.3 Å². The highest BCUT2D eigenvalue weighted by molar-refractivity contribution is 5.80. The Morgan fingerprint density at radius 2 is 1.48 bits per heavy atom. The first-order valence-electron chi connectivity index (χ1n) is 12.3. The molecular formula is C28H46O5. The van der Waals surface area contributed by atoms with Gasteiger partial charge in [-0.2, -0.15) is 0 Å². The lowest BCUT2D eigenvalue weighted by Crippen LogP contribution is -2.17. The molecule has 0 aromatic rings. The molecule has 0 spiro atoms. The fourth-order valence-corrected chi connectivity index (χ4v) is 3.47. The van der Waals surface area contributed by atoms with Crippen LogP contribution in [-0.4, -0.2) is 44.7 Å². The number of hydrogen-bond acceptors (Lipinski definition) is 4. The van der Waals surface area contributed by atoms with E-state index in [1.807, 2.05) is 25.2 Å². The van der Waals surface area contributed by atoms with E-state index in [1.165, 1.54) is 6.08 Å². The summed E-state index contributed by atoms with van der Waals surface area (Å²) >= 11 is 0. The Bertz CT molecular complexity index is 620. The maximum atomic E-state index is 10.3. The predicted molar refractivity (Wildman–Crippen MR) is 137 cm³/mol. The van der Waals surface area contributed by atoms with E-state index in [-0.39, 0.29) is 18.1 Å². The molecule has 2 unspecified atom stereocenters. The molecule has 0 heterocycles. The Balaban J connectivity index is 3.90. The summed E-state index contributed by atoms with van der Waals surface area (Å²) in [5.41, 5.74) is 0. The monoisotopic (exact) mass is 462 g/mol. The minimum Gasteiger partial charge on any atom is -0.478 e. The van der Waals surface area contributed by atoms with Crippen LogP contribution < -0.4 is 0 Å². The number of rotatable bonds is 20. The van der Waals surface area contributed by atoms with Crippen LogP contribution in [0.15, 0.2) is 61.3 Å². The van der Waals surface area contributed by atoms with Crippen LogP contribution in [0.4, 0.5) is 0 Å². The van der Waals surface area contributed by atoms with Crippen molar-refractivity contribution in [2.24, 2.45) is 11.8 Å². The summed E-state index contributed by atoms with van der Waals surface area (Å²) < 4.78 is 0. The molecule has 0 fully saturated rings. The van der Waals surface area contributed by atoms with E-state index in [2.05, 4.69) is 19.6 Å². The van der Waals surface area contributed by atoms with E-state index in [0.29, 0.717) is 18.8 Å². The van der Waals surface area contributed by atoms with Crippen molar-refractivity contribution in [2.45, 2.75) is 96.4 Å². The number of allylic oxidation sites excluding steroid dienone is 6. The van der Waals surface area contributed by atoms with Crippen LogP contribution in [0.25, 0.3) is 0 Å². The fraction of sp³-hybridized carbons (Fsp3) is 0.607. The first-order valence-corrected chi connectivity index (χ1v) is 12.3. The van der Waals surface area contributed by atoms with Crippen LogP contribution in [0.5, 0.6) is 0 Å². The lowest BCUT2D eigenvalue weighted by atomic mass is 9.93. The Labute approximate surface area is 200 Å². The second-order valence-electron chi connectivity index (χ2n) is 8.87. The maximum absolute atomic E-state index is 10.3. The molecule has 0 aliphatic carbocycles. The fourth-order valence-electron chi connectivity index (χ4n) is 3.47. The molecular weight excluding hydrogens is 416 g/mol. The van der Waals surface area contributed by atoms with Crippen molar-refractivity contribution in [3.8, 4) is 0 Å². The van der Waals surface area contributed by atoms with Gasteiger partial charge < -0.3 is 20.4 Å². The third-order valence-electron chi connectivity index (χ3n) is 5.82. The third kappa shape index (κ3) is 19.2. The molecule has 5 atom stereocenters. The number of carboxylic acids is 1. The molecule has 188 valence electrons. The van der Waals surface area contributed by atoms with Gasteiger partial charge in [0.25, 0.3) is 0 Å². The molecule has 0 aromatic heterocycles. The average molecular weight is 463 g/mol. The standard InChI is InChI=1S/C28H46O5/c1-4-5-6-9-16-23(2)26(30)20-11-8-12-21-27(31)24(3)17-14-15-19-25(29)18-10-7-13-22-28(32)33/h4-7,10,13-14,17,22-27,29-31H,1,8-9,11-12,15-16,18-21H2,2-3H3,(H,32,33)/b6-5-,10-7+,17-14-,22-13-/t23?,24?,25-,26-,27-/m1/s1. The Morgan fingerprint density at radius 1 is 0.818 bits per heavy atom. The van der Waals surface area contributed by atoms with Gasteiger partial charge in [0.15, 0.2) is 0 Å². The van der Waals surface area contributed by atoms with Crippen LogP contribution in [0.2, 0.25) is 0 Å². The molecule has 4 N–H and O–H groups in total. The number of carbonyl (C=O) groups is 1. The first-order chi connectivity index (χ1) is 15.8. The Morgan fingerprint density at radius 3 is 2.15 bits per heavy atom. The second kappa shape index (κ2) is 20.6. The topological polar surface area (TPSA) is 98.0 Å². The number of aliphatic hydroxyl groups excluding tert-OH is 3. The van der Waals surface area contributed by atoms with Gasteiger partial charge in [0.1, 0.15) is 0 Å². The molecule has 0 saturated carbocycles. The van der Waals surface area contributed by atoms with E-state index in [9.17, 15) is 20.1 Å². The minimum absolute atomic E-state index is 0.0671. The summed E-state index contributed by atoms with van der Waals surface area (Å²) in [5, 5.41) is 39.0. The summed E-state index contributed by atoms with van der Waals surface area (Å²) in [7, 11) is 0. The second-order valence-corrected chi connectivity index (χ2v) is 8.87. The SMILES string of the molecule is C=C/C=C\CCC(C)[C@H](O)CCCCC[C@@H](O)C(C)/C=C\CC[C@H](O)C/C=C/C=C\C(=O)O. The van der Waals surface area contributed by atoms with Crippen LogP contribution in [-0.2, 0) is 4.79 Å². The molecule has 0 radical (unpaired) electrons. The molecule has 5 heteroatoms. The average Bonchev–Trinajstić information content (AvgIpc) is 2.78. The van der Waals surface area contributed by atoms with Gasteiger partial charge in [-0.3, -0.25) is 0 Å². The van der Waals surface area contributed by atoms with Gasteiger partial charge in [-0.15, -0.1) is 0 Å². The van der Waals surface area contributed by atoms with E-state index >= 15 is 0 Å². The van der Waals surface area contributed by atoms with Crippen molar-refractivity contribution in [1.82, 2.24) is 0 Å². The minimum atomic E-state index is -0.992. The highest BCUT2D eigenvalue weighted by Gasteiger charge is 2.14. The van der Waals surface area contributed by atoms with Crippen LogP contribution in [0, 0.1) is 11.8 Å². The Hall–Kier alpha value is -1.95. The largest absolute Gasteiger partial charge is 0.478 e. The third-order valence-corrected chi connectivity index (χ3v) is 5.82. The first kappa shape index (κ1) is 31.0. The number of aliphatic carboxylic acids is 1. The lowest BCUT2D eigenvalue weighted by molar-refractivity contribution is -0.131. The summed E-state index contributed by atoms with van der Waals surface area (Å²) in [6.45, 7) is 7.75. The number of carboxylic acid groups (broad SMARTS) is 1. The number of unbranched alkanes of at least 4 members (excludes halogenated alkanes) is 2. The summed E-state index contributed by atoms with van der Waals surface area (Å²) in [5.74, 6) is -0.634. The summed E-state index contributed by atoms with van der Waals surface area (Å²) in [6.07, 6.45) is 22.8. The zero-order valence-corrected chi connectivity index (χ0v) is 20.6. The van der Waals surface area contributed by atoms with Crippen LogP contribution in [0.1, 0.15) is 78.1 Å². The van der Waals surface area contributed by atoms with Crippen molar-refractivity contribution in [3.63, 3.8) is 0 Å². The molecule has 33 heavy (non-hydrogen) atoms. The van der Waals surface area contributed by atoms with Gasteiger partial charge in [0.2, 0.25) is 0 Å². The van der Waals surface area contributed by atoms with Crippen LogP contribution >= 0.6 is 0 Å². The van der Waals surface area contributed by atoms with Gasteiger partial charge >= 0.3 is 5.97 Å². The zero-order chi connectivity index (χ0) is 24.9. The highest BCUT2D eigenvalue weighted by Crippen LogP contribution is 2.19. The summed E-state index contributed by atoms with van der Waals surface area (Å²) in [4.78, 5) is 10.3. The highest BCUT2D eigenvalue weighted by atomic mass is 16.4. The van der Waals surface area contributed by atoms with Crippen molar-refractivity contribution in [2.75, 3.05) is 0 Å². The molecule has 0 aliphatic rings. The molecule has 0 bridgehead atoms. The normalized spacial score (nSPS) is 17.1. The van der Waals surface area contributed by atoms with E-state index in [4.69, 9.17) is 5.11 Å². The van der Waals surface area contributed by atoms with Crippen molar-refractivity contribution in [3.05, 3.63) is 61.3 Å². The smallest absolute Gasteiger partial charge is 0.328 e. The van der Waals surface area contributed by atoms with Crippen molar-refractivity contribution < 1.29 is 25.2 Å². The molecule has 0 aliphatic heterocycles. The number of hydrogen-bond donors (Lipinski definition) is 4. The Kier molecular flexibility index (Phi) is 19.4. The summed E-state index contributed by atoms with van der Waals surface area (Å²) in [6, 6.07) is 0. The van der Waals surface area contributed by atoms with Crippen molar-refractivity contribution in [1.29, 1.82) is 0 Å². The zero-order valence-electron chi connectivity index (χ0n) is 20.6. The van der Waals surface area contributed by atoms with Gasteiger partial charge in [-0.25, -0.2) is 4.79 Å². The van der Waals surface area contributed by atoms with E-state index < -0.39 is 12.1 Å². The maximum Gasteiger partial charge on any atom is 0.328 e. The quantitative estimate of drug-likeness (QED) is 0.0801. The number of aliphatic hydroxyl groups is 3. The molecule has 5 nitrogen and oxygen atoms in total. The predicted octanol–water partition coefficient (Wildman–Crippen LogP) is 5.74. The molecule has 0 amide bonds. The van der Waals surface area contributed by atoms with Gasteiger partial charge in [0, 0.05) is 6.08 Å². The van der Waals surface area contributed by atoms with Gasteiger partial charge in [-0.05, 0) is 56.8 Å². The lowest BCUT2D eigenvalue weighted by Gasteiger charge is -2.19. The van der Waals surface area contributed by atoms with E-state index in [1.54, 1.807) is 18.2 Å². The molecule has 0 rings (SSSR count).